The van der Waals surface area contributed by atoms with Crippen LogP contribution in [0.1, 0.15) is 12.0 Å². The van der Waals surface area contributed by atoms with Crippen molar-refractivity contribution in [1.82, 2.24) is 4.90 Å². The lowest BCUT2D eigenvalue weighted by Crippen LogP contribution is -2.31. The fourth-order valence-electron chi connectivity index (χ4n) is 2.71. The molecule has 1 aliphatic carbocycles. The van der Waals surface area contributed by atoms with Crippen molar-refractivity contribution in [3.63, 3.8) is 0 Å². The van der Waals surface area contributed by atoms with Gasteiger partial charge in [-0.2, -0.15) is 5.26 Å². The first-order valence-corrected chi connectivity index (χ1v) is 5.56. The summed E-state index contributed by atoms with van der Waals surface area (Å²) in [4.78, 5) is 2.33. The second-order valence-corrected chi connectivity index (χ2v) is 4.65. The van der Waals surface area contributed by atoms with E-state index >= 15 is 0 Å². The van der Waals surface area contributed by atoms with E-state index in [2.05, 4.69) is 35.2 Å². The molecule has 2 aliphatic rings. The molecule has 2 nitrogen and oxygen atoms in total. The Kier molecular flexibility index (Phi) is 2.00. The molecule has 0 spiro atoms. The first-order valence-electron chi connectivity index (χ1n) is 5.56. The molecule has 1 aromatic rings. The van der Waals surface area contributed by atoms with Crippen molar-refractivity contribution in [2.45, 2.75) is 19.0 Å². The van der Waals surface area contributed by atoms with Crippen LogP contribution in [0.2, 0.25) is 0 Å². The summed E-state index contributed by atoms with van der Waals surface area (Å²) in [5.41, 5.74) is 1.32. The van der Waals surface area contributed by atoms with Crippen LogP contribution < -0.4 is 0 Å². The summed E-state index contributed by atoms with van der Waals surface area (Å²) in [5, 5.41) is 9.12. The monoisotopic (exact) mass is 198 g/mol. The Balaban J connectivity index is 1.72. The van der Waals surface area contributed by atoms with E-state index in [1.54, 1.807) is 0 Å². The maximum absolute atomic E-state index is 9.12. The number of benzene rings is 1. The van der Waals surface area contributed by atoms with E-state index in [-0.39, 0.29) is 6.04 Å². The van der Waals surface area contributed by atoms with Crippen molar-refractivity contribution >= 4 is 0 Å². The number of nitrogens with zero attached hydrogens (tertiary/aromatic N) is 2. The Labute approximate surface area is 90.1 Å². The molecule has 3 rings (SSSR count). The maximum atomic E-state index is 9.12. The van der Waals surface area contributed by atoms with Crippen LogP contribution in [-0.4, -0.2) is 17.5 Å². The third-order valence-corrected chi connectivity index (χ3v) is 3.61. The molecular weight excluding hydrogens is 184 g/mol. The highest BCUT2D eigenvalue weighted by Crippen LogP contribution is 2.49. The molecule has 0 aromatic heterocycles. The molecule has 1 aliphatic heterocycles. The van der Waals surface area contributed by atoms with Crippen molar-refractivity contribution < 1.29 is 0 Å². The molecule has 76 valence electrons. The number of rotatable bonds is 2. The Bertz CT molecular complexity index is 393. The van der Waals surface area contributed by atoms with E-state index in [9.17, 15) is 0 Å². The number of piperidine rings is 1. The fourth-order valence-corrected chi connectivity index (χ4v) is 2.71. The summed E-state index contributed by atoms with van der Waals surface area (Å²) in [5.74, 6) is 1.50. The van der Waals surface area contributed by atoms with Gasteiger partial charge in [-0.25, -0.2) is 0 Å². The van der Waals surface area contributed by atoms with Crippen LogP contribution in [0.5, 0.6) is 0 Å². The second-order valence-electron chi connectivity index (χ2n) is 4.65. The van der Waals surface area contributed by atoms with Crippen molar-refractivity contribution in [2.24, 2.45) is 11.8 Å². The van der Waals surface area contributed by atoms with Crippen molar-refractivity contribution in [1.29, 1.82) is 5.26 Å². The SMILES string of the molecule is N#CC1C2CC2CN1Cc1ccccc1. The molecule has 3 unspecified atom stereocenters. The molecule has 2 fully saturated rings. The molecule has 1 saturated carbocycles. The Hall–Kier alpha value is -1.33. The van der Waals surface area contributed by atoms with E-state index in [1.165, 1.54) is 12.0 Å². The number of likely N-dealkylation sites (tertiary alicyclic amines) is 1. The van der Waals surface area contributed by atoms with Crippen molar-refractivity contribution in [3.8, 4) is 6.07 Å². The minimum Gasteiger partial charge on any atom is -0.283 e. The van der Waals surface area contributed by atoms with Gasteiger partial charge in [0.1, 0.15) is 6.04 Å². The van der Waals surface area contributed by atoms with Gasteiger partial charge >= 0.3 is 0 Å². The van der Waals surface area contributed by atoms with E-state index in [0.717, 1.165) is 19.0 Å². The van der Waals surface area contributed by atoms with Crippen LogP contribution in [0.3, 0.4) is 0 Å². The van der Waals surface area contributed by atoms with Gasteiger partial charge in [0.2, 0.25) is 0 Å². The summed E-state index contributed by atoms with van der Waals surface area (Å²) in [6.07, 6.45) is 1.28. The molecule has 1 heterocycles. The zero-order chi connectivity index (χ0) is 10.3. The molecule has 0 radical (unpaired) electrons. The lowest BCUT2D eigenvalue weighted by Gasteiger charge is -2.21. The van der Waals surface area contributed by atoms with Gasteiger partial charge in [-0.15, -0.1) is 0 Å². The standard InChI is InChI=1S/C13H14N2/c14-7-13-12-6-11(12)9-15(13)8-10-4-2-1-3-5-10/h1-5,11-13H,6,8-9H2. The van der Waals surface area contributed by atoms with Crippen LogP contribution in [0.15, 0.2) is 30.3 Å². The molecule has 1 aromatic carbocycles. The minimum absolute atomic E-state index is 0.176. The number of hydrogen-bond donors (Lipinski definition) is 0. The van der Waals surface area contributed by atoms with Crippen LogP contribution in [-0.2, 0) is 6.54 Å². The van der Waals surface area contributed by atoms with Crippen molar-refractivity contribution in [3.05, 3.63) is 35.9 Å². The third-order valence-electron chi connectivity index (χ3n) is 3.61. The van der Waals surface area contributed by atoms with Gasteiger partial charge in [0.25, 0.3) is 0 Å². The Morgan fingerprint density at radius 1 is 1.33 bits per heavy atom. The molecule has 0 bridgehead atoms. The van der Waals surface area contributed by atoms with Gasteiger partial charge in [-0.3, -0.25) is 4.90 Å². The average Bonchev–Trinajstić information content (AvgIpc) is 2.93. The highest BCUT2D eigenvalue weighted by Gasteiger charge is 2.52. The highest BCUT2D eigenvalue weighted by atomic mass is 15.2. The maximum Gasteiger partial charge on any atom is 0.101 e. The first kappa shape index (κ1) is 8.94. The molecule has 1 saturated heterocycles. The van der Waals surface area contributed by atoms with Crippen molar-refractivity contribution in [2.75, 3.05) is 6.54 Å². The van der Waals surface area contributed by atoms with Gasteiger partial charge in [0, 0.05) is 13.1 Å². The molecule has 3 atom stereocenters. The zero-order valence-corrected chi connectivity index (χ0v) is 8.63. The fraction of sp³-hybridized carbons (Fsp3) is 0.462. The Morgan fingerprint density at radius 3 is 2.87 bits per heavy atom. The zero-order valence-electron chi connectivity index (χ0n) is 8.63. The summed E-state index contributed by atoms with van der Waals surface area (Å²) >= 11 is 0. The van der Waals surface area contributed by atoms with Gasteiger partial charge in [0.05, 0.1) is 6.07 Å². The second kappa shape index (κ2) is 3.36. The average molecular weight is 198 g/mol. The van der Waals surface area contributed by atoms with E-state index in [0.29, 0.717) is 5.92 Å². The molecule has 2 heteroatoms. The normalized spacial score (nSPS) is 33.4. The number of fused-ring (bicyclic) bond motifs is 1. The van der Waals surface area contributed by atoms with Gasteiger partial charge in [0.15, 0.2) is 0 Å². The first-order chi connectivity index (χ1) is 7.38. The third kappa shape index (κ3) is 1.53. The quantitative estimate of drug-likeness (QED) is 0.727. The summed E-state index contributed by atoms with van der Waals surface area (Å²) in [6.45, 7) is 2.06. The molecular formula is C13H14N2. The predicted octanol–water partition coefficient (Wildman–Crippen LogP) is 2.03. The topological polar surface area (TPSA) is 27.0 Å². The van der Waals surface area contributed by atoms with Crippen LogP contribution in [0, 0.1) is 23.2 Å². The minimum atomic E-state index is 0.176. The van der Waals surface area contributed by atoms with E-state index in [1.807, 2.05) is 6.07 Å². The van der Waals surface area contributed by atoms with Gasteiger partial charge in [-0.1, -0.05) is 30.3 Å². The summed E-state index contributed by atoms with van der Waals surface area (Å²) in [6, 6.07) is 13.1. The Morgan fingerprint density at radius 2 is 2.13 bits per heavy atom. The molecule has 0 N–H and O–H groups in total. The van der Waals surface area contributed by atoms with Crippen LogP contribution in [0.4, 0.5) is 0 Å². The van der Waals surface area contributed by atoms with E-state index in [4.69, 9.17) is 5.26 Å². The lowest BCUT2D eigenvalue weighted by atomic mass is 10.1. The smallest absolute Gasteiger partial charge is 0.101 e. The summed E-state index contributed by atoms with van der Waals surface area (Å²) < 4.78 is 0. The lowest BCUT2D eigenvalue weighted by molar-refractivity contribution is 0.251. The van der Waals surface area contributed by atoms with E-state index < -0.39 is 0 Å². The van der Waals surface area contributed by atoms with Gasteiger partial charge in [-0.05, 0) is 23.8 Å². The molecule has 15 heavy (non-hydrogen) atoms. The van der Waals surface area contributed by atoms with Crippen LogP contribution in [0.25, 0.3) is 0 Å². The molecule has 0 amide bonds. The number of nitriles is 1. The van der Waals surface area contributed by atoms with Crippen LogP contribution >= 0.6 is 0 Å². The number of hydrogen-bond acceptors (Lipinski definition) is 2. The largest absolute Gasteiger partial charge is 0.283 e. The predicted molar refractivity (Wildman–Crippen MR) is 57.9 cm³/mol. The summed E-state index contributed by atoms with van der Waals surface area (Å²) in [7, 11) is 0. The van der Waals surface area contributed by atoms with Gasteiger partial charge < -0.3 is 0 Å². The highest BCUT2D eigenvalue weighted by molar-refractivity contribution is 5.18.